The van der Waals surface area contributed by atoms with E-state index < -0.39 is 0 Å². The number of rotatable bonds is 6. The minimum atomic E-state index is 0.596. The Bertz CT molecular complexity index is 878. The van der Waals surface area contributed by atoms with E-state index in [9.17, 15) is 0 Å². The molecule has 0 unspecified atom stereocenters. The second-order valence-corrected chi connectivity index (χ2v) is 7.22. The SMILES string of the molecule is CCCc1sc(N/N=C/c2ccccn2)nc1-c1ccc(Cl)cc1Cl. The van der Waals surface area contributed by atoms with E-state index in [4.69, 9.17) is 23.2 Å². The summed E-state index contributed by atoms with van der Waals surface area (Å²) in [6.45, 7) is 2.14. The van der Waals surface area contributed by atoms with Crippen molar-refractivity contribution in [2.75, 3.05) is 5.43 Å². The fraction of sp³-hybridized carbons (Fsp3) is 0.167. The second-order valence-electron chi connectivity index (χ2n) is 5.29. The lowest BCUT2D eigenvalue weighted by Crippen LogP contribution is -1.92. The van der Waals surface area contributed by atoms with Crippen LogP contribution in [0.5, 0.6) is 0 Å². The molecule has 0 aliphatic rings. The smallest absolute Gasteiger partial charge is 0.204 e. The molecular formula is C18H16Cl2N4S. The summed E-state index contributed by atoms with van der Waals surface area (Å²) < 4.78 is 0. The molecule has 3 rings (SSSR count). The minimum Gasteiger partial charge on any atom is -0.255 e. The van der Waals surface area contributed by atoms with Crippen molar-refractivity contribution < 1.29 is 0 Å². The summed E-state index contributed by atoms with van der Waals surface area (Å²) in [5, 5.41) is 6.14. The van der Waals surface area contributed by atoms with Gasteiger partial charge in [0, 0.05) is 21.7 Å². The maximum atomic E-state index is 6.35. The average Bonchev–Trinajstić information content (AvgIpc) is 2.99. The quantitative estimate of drug-likeness (QED) is 0.420. The summed E-state index contributed by atoms with van der Waals surface area (Å²) >= 11 is 13.9. The predicted molar refractivity (Wildman–Crippen MR) is 107 cm³/mol. The summed E-state index contributed by atoms with van der Waals surface area (Å²) in [6.07, 6.45) is 5.34. The molecule has 0 saturated heterocycles. The van der Waals surface area contributed by atoms with Crippen molar-refractivity contribution in [3.63, 3.8) is 0 Å². The summed E-state index contributed by atoms with van der Waals surface area (Å²) in [6, 6.07) is 11.1. The van der Waals surface area contributed by atoms with E-state index in [2.05, 4.69) is 27.4 Å². The highest BCUT2D eigenvalue weighted by atomic mass is 35.5. The fourth-order valence-corrected chi connectivity index (χ4v) is 3.82. The van der Waals surface area contributed by atoms with Crippen LogP contribution in [-0.2, 0) is 6.42 Å². The van der Waals surface area contributed by atoms with E-state index in [0.29, 0.717) is 10.0 Å². The van der Waals surface area contributed by atoms with Crippen LogP contribution in [0.1, 0.15) is 23.9 Å². The van der Waals surface area contributed by atoms with Crippen LogP contribution in [0.4, 0.5) is 5.13 Å². The first-order valence-corrected chi connectivity index (χ1v) is 9.40. The van der Waals surface area contributed by atoms with Gasteiger partial charge in [-0.1, -0.05) is 53.9 Å². The highest BCUT2D eigenvalue weighted by Gasteiger charge is 2.15. The number of hydrogen-bond donors (Lipinski definition) is 1. The van der Waals surface area contributed by atoms with Crippen molar-refractivity contribution in [3.8, 4) is 11.3 Å². The van der Waals surface area contributed by atoms with Gasteiger partial charge in [0.1, 0.15) is 0 Å². The van der Waals surface area contributed by atoms with Crippen molar-refractivity contribution in [1.29, 1.82) is 0 Å². The van der Waals surface area contributed by atoms with E-state index in [0.717, 1.165) is 34.9 Å². The molecule has 0 saturated carbocycles. The van der Waals surface area contributed by atoms with Crippen LogP contribution >= 0.6 is 34.5 Å². The number of benzene rings is 1. The van der Waals surface area contributed by atoms with Crippen LogP contribution in [0, 0.1) is 0 Å². The Kier molecular flexibility index (Phi) is 6.02. The molecule has 0 aliphatic carbocycles. The van der Waals surface area contributed by atoms with Crippen LogP contribution < -0.4 is 5.43 Å². The highest BCUT2D eigenvalue weighted by Crippen LogP contribution is 2.36. The molecule has 0 bridgehead atoms. The van der Waals surface area contributed by atoms with Gasteiger partial charge in [0.05, 0.1) is 22.6 Å². The number of nitrogens with one attached hydrogen (secondary N) is 1. The molecule has 4 nitrogen and oxygen atoms in total. The van der Waals surface area contributed by atoms with Crippen LogP contribution in [0.2, 0.25) is 10.0 Å². The zero-order chi connectivity index (χ0) is 17.6. The van der Waals surface area contributed by atoms with Crippen molar-refractivity contribution >= 4 is 45.9 Å². The minimum absolute atomic E-state index is 0.596. The summed E-state index contributed by atoms with van der Waals surface area (Å²) in [7, 11) is 0. The molecule has 128 valence electrons. The van der Waals surface area contributed by atoms with Crippen molar-refractivity contribution in [3.05, 3.63) is 63.2 Å². The molecule has 0 amide bonds. The van der Waals surface area contributed by atoms with E-state index in [1.54, 1.807) is 29.8 Å². The maximum Gasteiger partial charge on any atom is 0.204 e. The summed E-state index contributed by atoms with van der Waals surface area (Å²) in [5.41, 5.74) is 5.52. The van der Waals surface area contributed by atoms with E-state index in [-0.39, 0.29) is 0 Å². The van der Waals surface area contributed by atoms with Gasteiger partial charge in [0.2, 0.25) is 5.13 Å². The van der Waals surface area contributed by atoms with Gasteiger partial charge < -0.3 is 0 Å². The number of aryl methyl sites for hydroxylation is 1. The van der Waals surface area contributed by atoms with Crippen LogP contribution in [-0.4, -0.2) is 16.2 Å². The molecule has 2 heterocycles. The standard InChI is InChI=1S/C18H16Cl2N4S/c1-2-5-16-17(14-8-7-12(19)10-15(14)20)23-18(25-16)24-22-11-13-6-3-4-9-21-13/h3-4,6-11H,2,5H2,1H3,(H,23,24)/b22-11+. The van der Waals surface area contributed by atoms with Gasteiger partial charge in [-0.3, -0.25) is 10.4 Å². The monoisotopic (exact) mass is 390 g/mol. The molecule has 1 aromatic carbocycles. The lowest BCUT2D eigenvalue weighted by Gasteiger charge is -2.04. The molecule has 25 heavy (non-hydrogen) atoms. The Hall–Kier alpha value is -1.95. The number of pyridine rings is 1. The third-order valence-corrected chi connectivity index (χ3v) is 4.97. The van der Waals surface area contributed by atoms with Crippen LogP contribution in [0.3, 0.4) is 0 Å². The molecule has 0 radical (unpaired) electrons. The number of hydrazone groups is 1. The van der Waals surface area contributed by atoms with Crippen molar-refractivity contribution in [2.45, 2.75) is 19.8 Å². The van der Waals surface area contributed by atoms with Gasteiger partial charge >= 0.3 is 0 Å². The predicted octanol–water partition coefficient (Wildman–Crippen LogP) is 5.91. The molecule has 0 atom stereocenters. The molecule has 1 N–H and O–H groups in total. The second kappa shape index (κ2) is 8.43. The Balaban J connectivity index is 1.85. The lowest BCUT2D eigenvalue weighted by atomic mass is 10.1. The molecule has 0 aliphatic heterocycles. The third kappa shape index (κ3) is 4.57. The molecule has 0 spiro atoms. The zero-order valence-electron chi connectivity index (χ0n) is 13.5. The number of aromatic nitrogens is 2. The van der Waals surface area contributed by atoms with Gasteiger partial charge in [0.25, 0.3) is 0 Å². The molecule has 0 fully saturated rings. The Labute approximate surface area is 160 Å². The van der Waals surface area contributed by atoms with Gasteiger partial charge in [-0.15, -0.1) is 0 Å². The van der Waals surface area contributed by atoms with E-state index >= 15 is 0 Å². The zero-order valence-corrected chi connectivity index (χ0v) is 15.9. The molecule has 3 aromatic rings. The Morgan fingerprint density at radius 2 is 2.12 bits per heavy atom. The number of halogens is 2. The third-order valence-electron chi connectivity index (χ3n) is 3.41. The number of nitrogens with zero attached hydrogens (tertiary/aromatic N) is 3. The normalized spacial score (nSPS) is 11.2. The van der Waals surface area contributed by atoms with Crippen molar-refractivity contribution in [2.24, 2.45) is 5.10 Å². The van der Waals surface area contributed by atoms with Gasteiger partial charge in [-0.2, -0.15) is 5.10 Å². The number of hydrogen-bond acceptors (Lipinski definition) is 5. The molecule has 2 aromatic heterocycles. The largest absolute Gasteiger partial charge is 0.255 e. The first-order chi connectivity index (χ1) is 12.2. The maximum absolute atomic E-state index is 6.35. The van der Waals surface area contributed by atoms with Crippen LogP contribution in [0.15, 0.2) is 47.7 Å². The first kappa shape index (κ1) is 17.9. The van der Waals surface area contributed by atoms with Gasteiger partial charge in [-0.05, 0) is 36.8 Å². The van der Waals surface area contributed by atoms with E-state index in [1.807, 2.05) is 30.3 Å². The highest BCUT2D eigenvalue weighted by molar-refractivity contribution is 7.16. The van der Waals surface area contributed by atoms with Gasteiger partial charge in [-0.25, -0.2) is 4.98 Å². The number of thiazole rings is 1. The Morgan fingerprint density at radius 3 is 2.84 bits per heavy atom. The number of anilines is 1. The first-order valence-electron chi connectivity index (χ1n) is 7.82. The van der Waals surface area contributed by atoms with Crippen molar-refractivity contribution in [1.82, 2.24) is 9.97 Å². The Morgan fingerprint density at radius 1 is 1.24 bits per heavy atom. The average molecular weight is 391 g/mol. The van der Waals surface area contributed by atoms with Crippen LogP contribution in [0.25, 0.3) is 11.3 Å². The summed E-state index contributed by atoms with van der Waals surface area (Å²) in [5.74, 6) is 0. The molecule has 7 heteroatoms. The topological polar surface area (TPSA) is 50.2 Å². The molecular weight excluding hydrogens is 375 g/mol. The fourth-order valence-electron chi connectivity index (χ4n) is 2.29. The van der Waals surface area contributed by atoms with E-state index in [1.165, 1.54) is 4.88 Å². The lowest BCUT2D eigenvalue weighted by molar-refractivity contribution is 0.938. The van der Waals surface area contributed by atoms with Gasteiger partial charge in [0.15, 0.2) is 0 Å². The summed E-state index contributed by atoms with van der Waals surface area (Å²) in [4.78, 5) is 10.0.